The second kappa shape index (κ2) is 7.52. The number of nitrogens with one attached hydrogen (secondary N) is 1. The highest BCUT2D eigenvalue weighted by Crippen LogP contribution is 2.41. The van der Waals surface area contributed by atoms with Crippen molar-refractivity contribution in [3.05, 3.63) is 35.9 Å². The smallest absolute Gasteiger partial charge is 0.209 e. The van der Waals surface area contributed by atoms with Crippen LogP contribution in [0.2, 0.25) is 0 Å². The Bertz CT molecular complexity index is 625. The number of sulfonamides is 1. The summed E-state index contributed by atoms with van der Waals surface area (Å²) in [5.41, 5.74) is 1.44. The average molecular weight is 353 g/mol. The third-order valence-electron chi connectivity index (χ3n) is 5.54. The highest BCUT2D eigenvalue weighted by Gasteiger charge is 2.44. The third kappa shape index (κ3) is 4.57. The summed E-state index contributed by atoms with van der Waals surface area (Å²) in [4.78, 5) is 2.51. The van der Waals surface area contributed by atoms with Gasteiger partial charge in [-0.3, -0.25) is 0 Å². The second-order valence-electron chi connectivity index (χ2n) is 7.21. The van der Waals surface area contributed by atoms with Gasteiger partial charge in [-0.05, 0) is 49.8 Å². The van der Waals surface area contributed by atoms with Gasteiger partial charge in [0.05, 0.1) is 18.9 Å². The summed E-state index contributed by atoms with van der Waals surface area (Å²) in [7, 11) is -3.20. The normalized spacial score (nSPS) is 25.0. The quantitative estimate of drug-likeness (QED) is 0.875. The first-order valence-corrected chi connectivity index (χ1v) is 10.7. The molecule has 2 fully saturated rings. The molecule has 24 heavy (non-hydrogen) atoms. The summed E-state index contributed by atoms with van der Waals surface area (Å²) in [5, 5.41) is 0. The number of hydrogen-bond acceptors (Lipinski definition) is 4. The molecule has 1 aromatic carbocycles. The number of piperidine rings is 1. The zero-order valence-corrected chi connectivity index (χ0v) is 15.2. The Morgan fingerprint density at radius 3 is 2.58 bits per heavy atom. The summed E-state index contributed by atoms with van der Waals surface area (Å²) in [6, 6.07) is 10.5. The molecule has 0 saturated carbocycles. The molecule has 2 saturated heterocycles. The Kier molecular flexibility index (Phi) is 5.59. The van der Waals surface area contributed by atoms with Crippen molar-refractivity contribution in [3.8, 4) is 0 Å². The van der Waals surface area contributed by atoms with Crippen LogP contribution in [0.1, 0.15) is 24.8 Å². The van der Waals surface area contributed by atoms with Crippen LogP contribution in [0.15, 0.2) is 30.3 Å². The highest BCUT2D eigenvalue weighted by atomic mass is 32.2. The third-order valence-corrected chi connectivity index (χ3v) is 6.25. The van der Waals surface area contributed by atoms with Crippen molar-refractivity contribution in [2.45, 2.75) is 31.7 Å². The zero-order valence-electron chi connectivity index (χ0n) is 14.4. The minimum Gasteiger partial charge on any atom is -0.380 e. The SMILES string of the molecule is CS(=O)(=O)N[C@H]1COCCC12CCN(CCc1ccccc1)CC2. The maximum absolute atomic E-state index is 11.7. The fraction of sp³-hybridized carbons (Fsp3) is 0.667. The van der Waals surface area contributed by atoms with Gasteiger partial charge in [0.1, 0.15) is 0 Å². The van der Waals surface area contributed by atoms with Crippen LogP contribution in [-0.2, 0) is 21.2 Å². The molecule has 0 amide bonds. The largest absolute Gasteiger partial charge is 0.380 e. The van der Waals surface area contributed by atoms with Crippen molar-refractivity contribution in [1.82, 2.24) is 9.62 Å². The van der Waals surface area contributed by atoms with Gasteiger partial charge in [-0.25, -0.2) is 13.1 Å². The number of ether oxygens (including phenoxy) is 1. The maximum atomic E-state index is 11.7. The predicted molar refractivity (Wildman–Crippen MR) is 95.5 cm³/mol. The number of likely N-dealkylation sites (tertiary alicyclic amines) is 1. The number of nitrogens with zero attached hydrogens (tertiary/aromatic N) is 1. The Balaban J connectivity index is 1.56. The van der Waals surface area contributed by atoms with E-state index in [0.717, 1.165) is 51.9 Å². The van der Waals surface area contributed by atoms with E-state index >= 15 is 0 Å². The molecule has 1 aromatic rings. The van der Waals surface area contributed by atoms with Gasteiger partial charge in [-0.1, -0.05) is 30.3 Å². The van der Waals surface area contributed by atoms with Crippen LogP contribution in [0.25, 0.3) is 0 Å². The molecule has 5 nitrogen and oxygen atoms in total. The molecule has 6 heteroatoms. The summed E-state index contributed by atoms with van der Waals surface area (Å²) in [6.45, 7) is 4.38. The first-order valence-electron chi connectivity index (χ1n) is 8.78. The van der Waals surface area contributed by atoms with Crippen molar-refractivity contribution < 1.29 is 13.2 Å². The molecular formula is C18H28N2O3S. The van der Waals surface area contributed by atoms with Crippen molar-refractivity contribution in [2.24, 2.45) is 5.41 Å². The summed E-state index contributed by atoms with van der Waals surface area (Å²) >= 11 is 0. The van der Waals surface area contributed by atoms with Crippen LogP contribution in [0.3, 0.4) is 0 Å². The molecule has 0 bridgehead atoms. The van der Waals surface area contributed by atoms with Gasteiger partial charge in [-0.2, -0.15) is 0 Å². The molecule has 3 rings (SSSR count). The first kappa shape index (κ1) is 17.9. The van der Waals surface area contributed by atoms with E-state index in [9.17, 15) is 8.42 Å². The van der Waals surface area contributed by atoms with Crippen LogP contribution in [0.5, 0.6) is 0 Å². The lowest BCUT2D eigenvalue weighted by atomic mass is 9.69. The number of rotatable bonds is 5. The van der Waals surface area contributed by atoms with E-state index in [-0.39, 0.29) is 11.5 Å². The molecule has 134 valence electrons. The molecule has 0 unspecified atom stereocenters. The van der Waals surface area contributed by atoms with Crippen LogP contribution in [0.4, 0.5) is 0 Å². The van der Waals surface area contributed by atoms with E-state index in [0.29, 0.717) is 6.61 Å². The van der Waals surface area contributed by atoms with E-state index in [4.69, 9.17) is 4.74 Å². The Morgan fingerprint density at radius 1 is 1.21 bits per heavy atom. The van der Waals surface area contributed by atoms with Gasteiger partial charge in [0.15, 0.2) is 0 Å². The maximum Gasteiger partial charge on any atom is 0.209 e. The van der Waals surface area contributed by atoms with E-state index in [2.05, 4.69) is 33.9 Å². The fourth-order valence-electron chi connectivity index (χ4n) is 4.00. The van der Waals surface area contributed by atoms with Crippen molar-refractivity contribution in [3.63, 3.8) is 0 Å². The molecular weight excluding hydrogens is 324 g/mol. The number of hydrogen-bond donors (Lipinski definition) is 1. The van der Waals surface area contributed by atoms with Gasteiger partial charge in [0.25, 0.3) is 0 Å². The van der Waals surface area contributed by atoms with Gasteiger partial charge in [0.2, 0.25) is 10.0 Å². The minimum atomic E-state index is -3.20. The molecule has 2 aliphatic heterocycles. The Hall–Kier alpha value is -0.950. The Labute approximate surface area is 145 Å². The van der Waals surface area contributed by atoms with Gasteiger partial charge in [-0.15, -0.1) is 0 Å². The van der Waals surface area contributed by atoms with Crippen molar-refractivity contribution >= 4 is 10.0 Å². The lowest BCUT2D eigenvalue weighted by molar-refractivity contribution is -0.0432. The molecule has 1 N–H and O–H groups in total. The molecule has 1 atom stereocenters. The summed E-state index contributed by atoms with van der Waals surface area (Å²) in [5.74, 6) is 0. The number of benzene rings is 1. The highest BCUT2D eigenvalue weighted by molar-refractivity contribution is 7.88. The zero-order chi connectivity index (χ0) is 17.0. The average Bonchev–Trinajstić information content (AvgIpc) is 2.56. The summed E-state index contributed by atoms with van der Waals surface area (Å²) < 4.78 is 31.7. The van der Waals surface area contributed by atoms with Crippen LogP contribution >= 0.6 is 0 Å². The van der Waals surface area contributed by atoms with E-state index in [1.165, 1.54) is 11.8 Å². The molecule has 0 aromatic heterocycles. The topological polar surface area (TPSA) is 58.6 Å². The van der Waals surface area contributed by atoms with Crippen molar-refractivity contribution in [1.29, 1.82) is 0 Å². The van der Waals surface area contributed by atoms with Gasteiger partial charge < -0.3 is 9.64 Å². The summed E-state index contributed by atoms with van der Waals surface area (Å²) in [6.07, 6.45) is 5.34. The fourth-order valence-corrected chi connectivity index (χ4v) is 4.83. The standard InChI is InChI=1S/C18H28N2O3S/c1-24(21,22)19-17-15-23-14-10-18(17)8-12-20(13-9-18)11-7-16-5-3-2-4-6-16/h2-6,17,19H,7-15H2,1H3/t17-/m0/s1. The lowest BCUT2D eigenvalue weighted by Gasteiger charge is -2.49. The van der Waals surface area contributed by atoms with Crippen LogP contribution in [-0.4, -0.2) is 58.5 Å². The van der Waals surface area contributed by atoms with Gasteiger partial charge >= 0.3 is 0 Å². The van der Waals surface area contributed by atoms with Crippen LogP contribution in [0, 0.1) is 5.41 Å². The molecule has 0 aliphatic carbocycles. The van der Waals surface area contributed by atoms with E-state index < -0.39 is 10.0 Å². The lowest BCUT2D eigenvalue weighted by Crippen LogP contribution is -2.57. The van der Waals surface area contributed by atoms with Crippen LogP contribution < -0.4 is 4.72 Å². The molecule has 2 heterocycles. The van der Waals surface area contributed by atoms with Gasteiger partial charge in [0, 0.05) is 13.2 Å². The molecule has 1 spiro atoms. The minimum absolute atomic E-state index is 0.0601. The van der Waals surface area contributed by atoms with Crippen molar-refractivity contribution in [2.75, 3.05) is 39.1 Å². The predicted octanol–water partition coefficient (Wildman–Crippen LogP) is 1.65. The molecule has 0 radical (unpaired) electrons. The molecule has 2 aliphatic rings. The Morgan fingerprint density at radius 2 is 1.92 bits per heavy atom. The van der Waals surface area contributed by atoms with E-state index in [1.54, 1.807) is 0 Å². The van der Waals surface area contributed by atoms with E-state index in [1.807, 2.05) is 6.07 Å². The first-order chi connectivity index (χ1) is 11.5. The second-order valence-corrected chi connectivity index (χ2v) is 8.99. The monoisotopic (exact) mass is 352 g/mol.